The molecular weight excluding hydrogens is 530 g/mol. The summed E-state index contributed by atoms with van der Waals surface area (Å²) in [5.41, 5.74) is 4.89. The summed E-state index contributed by atoms with van der Waals surface area (Å²) in [4.78, 5) is 44.9. The quantitative estimate of drug-likeness (QED) is 0.338. The van der Waals surface area contributed by atoms with E-state index in [1.54, 1.807) is 41.4 Å². The Morgan fingerprint density at radius 1 is 1.07 bits per heavy atom. The van der Waals surface area contributed by atoms with Crippen LogP contribution in [0.4, 0.5) is 28.8 Å². The van der Waals surface area contributed by atoms with Gasteiger partial charge in [0.25, 0.3) is 5.91 Å². The normalized spacial score (nSPS) is 16.1. The van der Waals surface area contributed by atoms with Gasteiger partial charge in [0.15, 0.2) is 5.82 Å². The highest BCUT2D eigenvalue weighted by atomic mass is 35.5. The molecule has 2 amide bonds. The zero-order chi connectivity index (χ0) is 27.6. The summed E-state index contributed by atoms with van der Waals surface area (Å²) < 4.78 is 1.72. The Morgan fingerprint density at radius 2 is 1.98 bits per heavy atom. The summed E-state index contributed by atoms with van der Waals surface area (Å²) in [6, 6.07) is 7.79. The number of fused-ring (bicyclic) bond motifs is 6. The Kier molecular flexibility index (Phi) is 7.04. The van der Waals surface area contributed by atoms with E-state index in [1.165, 1.54) is 0 Å². The molecule has 6 bridgehead atoms. The number of aromatic nitrogens is 5. The van der Waals surface area contributed by atoms with Gasteiger partial charge in [-0.2, -0.15) is 4.98 Å². The van der Waals surface area contributed by atoms with Crippen LogP contribution in [0.25, 0.3) is 0 Å². The smallest absolute Gasteiger partial charge is 0.272 e. The fourth-order valence-corrected chi connectivity index (χ4v) is 5.26. The summed E-state index contributed by atoms with van der Waals surface area (Å²) in [5, 5.41) is 9.96. The molecule has 4 aromatic rings. The average Bonchev–Trinajstić information content (AvgIpc) is 3.59. The van der Waals surface area contributed by atoms with Gasteiger partial charge in [-0.3, -0.25) is 14.6 Å². The number of amides is 2. The van der Waals surface area contributed by atoms with E-state index in [9.17, 15) is 9.59 Å². The molecule has 11 nitrogen and oxygen atoms in total. The maximum atomic E-state index is 13.1. The first kappa shape index (κ1) is 25.8. The number of carbonyl (C=O) groups is 2. The first-order chi connectivity index (χ1) is 19.4. The van der Waals surface area contributed by atoms with Gasteiger partial charge in [-0.15, -0.1) is 0 Å². The molecule has 0 aliphatic carbocycles. The number of hydrogen-bond donors (Lipinski definition) is 3. The van der Waals surface area contributed by atoms with Crippen LogP contribution in [-0.4, -0.2) is 54.3 Å². The molecule has 1 aromatic carbocycles. The topological polar surface area (TPSA) is 130 Å². The van der Waals surface area contributed by atoms with Crippen molar-refractivity contribution in [1.29, 1.82) is 0 Å². The third-order valence-electron chi connectivity index (χ3n) is 7.20. The van der Waals surface area contributed by atoms with Crippen LogP contribution < -0.4 is 16.0 Å². The lowest BCUT2D eigenvalue weighted by molar-refractivity contribution is -0.117. The molecule has 3 N–H and O–H groups in total. The molecule has 0 spiro atoms. The largest absolute Gasteiger partial charge is 0.339 e. The first-order valence-corrected chi connectivity index (χ1v) is 13.5. The minimum atomic E-state index is -0.0731. The summed E-state index contributed by atoms with van der Waals surface area (Å²) in [5.74, 6) is 0.843. The molecule has 1 atom stereocenters. The average molecular weight is 558 g/mol. The number of nitrogens with zero attached hydrogens (tertiary/aromatic N) is 6. The number of imidazole rings is 1. The number of likely N-dealkylation sites (tertiary alicyclic amines) is 1. The highest BCUT2D eigenvalue weighted by Gasteiger charge is 2.29. The second kappa shape index (κ2) is 10.9. The molecule has 2 aliphatic heterocycles. The van der Waals surface area contributed by atoms with Crippen LogP contribution >= 0.6 is 11.6 Å². The Hall–Kier alpha value is -4.51. The molecule has 0 radical (unpaired) electrons. The third-order valence-corrected chi connectivity index (χ3v) is 7.48. The van der Waals surface area contributed by atoms with E-state index in [0.717, 1.165) is 41.0 Å². The molecule has 12 heteroatoms. The fraction of sp³-hybridized carbons (Fsp3) is 0.286. The van der Waals surface area contributed by atoms with Crippen molar-refractivity contribution in [3.8, 4) is 0 Å². The van der Waals surface area contributed by atoms with Gasteiger partial charge in [-0.1, -0.05) is 11.6 Å². The van der Waals surface area contributed by atoms with Gasteiger partial charge in [0.2, 0.25) is 11.9 Å². The Bertz CT molecular complexity index is 1590. The van der Waals surface area contributed by atoms with Crippen molar-refractivity contribution in [2.45, 2.75) is 25.7 Å². The molecule has 0 saturated carbocycles. The molecule has 0 unspecified atom stereocenters. The van der Waals surface area contributed by atoms with Crippen molar-refractivity contribution in [2.24, 2.45) is 13.0 Å². The minimum absolute atomic E-state index is 0.0538. The highest BCUT2D eigenvalue weighted by Crippen LogP contribution is 2.30. The lowest BCUT2D eigenvalue weighted by Gasteiger charge is -2.17. The van der Waals surface area contributed by atoms with Crippen LogP contribution in [-0.2, 0) is 24.7 Å². The van der Waals surface area contributed by atoms with E-state index in [2.05, 4.69) is 35.9 Å². The molecule has 6 rings (SSSR count). The summed E-state index contributed by atoms with van der Waals surface area (Å²) in [6.07, 6.45) is 10.8. The Morgan fingerprint density at radius 3 is 2.83 bits per heavy atom. The van der Waals surface area contributed by atoms with Gasteiger partial charge in [0.1, 0.15) is 10.7 Å². The number of carbonyl (C=O) groups excluding carboxylic acids is 2. The van der Waals surface area contributed by atoms with Gasteiger partial charge in [-0.05, 0) is 60.6 Å². The predicted octanol–water partition coefficient (Wildman–Crippen LogP) is 4.34. The number of hydrogen-bond acceptors (Lipinski definition) is 8. The van der Waals surface area contributed by atoms with Crippen LogP contribution in [0.5, 0.6) is 0 Å². The van der Waals surface area contributed by atoms with Gasteiger partial charge < -0.3 is 25.4 Å². The van der Waals surface area contributed by atoms with Gasteiger partial charge in [0, 0.05) is 44.1 Å². The molecule has 5 heterocycles. The van der Waals surface area contributed by atoms with E-state index in [-0.39, 0.29) is 17.7 Å². The lowest BCUT2D eigenvalue weighted by Crippen LogP contribution is -2.30. The number of anilines is 5. The van der Waals surface area contributed by atoms with E-state index in [1.807, 2.05) is 30.5 Å². The first-order valence-electron chi connectivity index (χ1n) is 13.1. The number of rotatable bonds is 4. The third kappa shape index (κ3) is 5.59. The zero-order valence-electron chi connectivity index (χ0n) is 21.9. The highest BCUT2D eigenvalue weighted by molar-refractivity contribution is 6.32. The number of nitrogens with one attached hydrogen (secondary N) is 3. The Balaban J connectivity index is 1.18. The summed E-state index contributed by atoms with van der Waals surface area (Å²) >= 11 is 6.37. The van der Waals surface area contributed by atoms with Crippen molar-refractivity contribution in [3.63, 3.8) is 0 Å². The van der Waals surface area contributed by atoms with Crippen LogP contribution in [0.3, 0.4) is 0 Å². The van der Waals surface area contributed by atoms with E-state index >= 15 is 0 Å². The second-order valence-corrected chi connectivity index (χ2v) is 10.5. The molecule has 1 fully saturated rings. The lowest BCUT2D eigenvalue weighted by atomic mass is 10.0. The Labute approximate surface area is 236 Å². The number of halogens is 1. The monoisotopic (exact) mass is 557 g/mol. The van der Waals surface area contributed by atoms with Gasteiger partial charge >= 0.3 is 0 Å². The van der Waals surface area contributed by atoms with Crippen molar-refractivity contribution >= 4 is 52.2 Å². The van der Waals surface area contributed by atoms with Crippen molar-refractivity contribution < 1.29 is 9.59 Å². The minimum Gasteiger partial charge on any atom is -0.339 e. The van der Waals surface area contributed by atoms with Crippen LogP contribution in [0.2, 0.25) is 5.02 Å². The van der Waals surface area contributed by atoms with E-state index in [4.69, 9.17) is 11.6 Å². The van der Waals surface area contributed by atoms with Crippen molar-refractivity contribution in [1.82, 2.24) is 29.4 Å². The van der Waals surface area contributed by atoms with Gasteiger partial charge in [0.05, 0.1) is 30.6 Å². The standard InChI is InChI=1S/C28H28ClN9O2/c1-37-16-31-14-24(37)27(40)38-7-6-18(15-38)9-25(39)35-23-5-4-20-10-19(23)3-2-17-8-21(12-30-11-17)34-28-32-13-22(29)26(33-20)36-28/h4-5,8,10-14,16,18H,2-3,6-7,9,15H2,1H3,(H,35,39)(H2,32,33,34,36)/t18-/m0/s1. The maximum absolute atomic E-state index is 13.1. The number of benzene rings is 1. The SMILES string of the molecule is Cn1cncc1C(=O)N1CC[C@@H](CC(=O)Nc2ccc3cc2CCc2cncc(c2)Nc2ncc(Cl)c(n2)N3)C1. The summed E-state index contributed by atoms with van der Waals surface area (Å²) in [6.45, 7) is 1.18. The van der Waals surface area contributed by atoms with Gasteiger partial charge in [-0.25, -0.2) is 9.97 Å². The molecule has 204 valence electrons. The van der Waals surface area contributed by atoms with Crippen LogP contribution in [0, 0.1) is 5.92 Å². The number of pyridine rings is 1. The molecular formula is C28H28ClN9O2. The molecule has 3 aromatic heterocycles. The van der Waals surface area contributed by atoms with Crippen molar-refractivity contribution in [3.05, 3.63) is 77.2 Å². The van der Waals surface area contributed by atoms with Crippen LogP contribution in [0.15, 0.2) is 55.4 Å². The predicted molar refractivity (Wildman–Crippen MR) is 152 cm³/mol. The van der Waals surface area contributed by atoms with E-state index < -0.39 is 0 Å². The van der Waals surface area contributed by atoms with Crippen molar-refractivity contribution in [2.75, 3.05) is 29.0 Å². The van der Waals surface area contributed by atoms with E-state index in [0.29, 0.717) is 48.4 Å². The maximum Gasteiger partial charge on any atom is 0.272 e. The second-order valence-electron chi connectivity index (χ2n) is 10.1. The molecule has 2 aliphatic rings. The number of aryl methyl sites for hydroxylation is 3. The summed E-state index contributed by atoms with van der Waals surface area (Å²) in [7, 11) is 1.80. The zero-order valence-corrected chi connectivity index (χ0v) is 22.6. The van der Waals surface area contributed by atoms with Crippen LogP contribution in [0.1, 0.15) is 34.5 Å². The molecule has 40 heavy (non-hydrogen) atoms. The fourth-order valence-electron chi connectivity index (χ4n) is 5.13. The molecule has 1 saturated heterocycles.